The Hall–Kier alpha value is -2.60. The van der Waals surface area contributed by atoms with Crippen LogP contribution in [0.1, 0.15) is 50.6 Å². The summed E-state index contributed by atoms with van der Waals surface area (Å²) in [5, 5.41) is 3.35. The van der Waals surface area contributed by atoms with Gasteiger partial charge in [-0.15, -0.1) is 0 Å². The molecule has 1 amide bonds. The molecule has 2 fully saturated rings. The molecule has 2 aliphatic heterocycles. The molecule has 6 heteroatoms. The number of hydrogen-bond acceptors (Lipinski definition) is 5. The summed E-state index contributed by atoms with van der Waals surface area (Å²) in [5.41, 5.74) is 2.64. The highest BCUT2D eigenvalue weighted by Crippen LogP contribution is 2.48. The number of carbonyl (C=O) groups is 1. The second-order valence-corrected chi connectivity index (χ2v) is 9.03. The van der Waals surface area contributed by atoms with Crippen LogP contribution in [0.25, 0.3) is 11.1 Å². The predicted octanol–water partition coefficient (Wildman–Crippen LogP) is 4.05. The molecule has 0 radical (unpaired) electrons. The van der Waals surface area contributed by atoms with Crippen molar-refractivity contribution in [3.63, 3.8) is 0 Å². The van der Waals surface area contributed by atoms with Gasteiger partial charge in [0.2, 0.25) is 11.8 Å². The molecule has 1 aromatic heterocycles. The first kappa shape index (κ1) is 19.4. The monoisotopic (exact) mass is 408 g/mol. The number of pyridine rings is 1. The van der Waals surface area contributed by atoms with Gasteiger partial charge in [-0.05, 0) is 42.2 Å². The van der Waals surface area contributed by atoms with Gasteiger partial charge in [0.15, 0.2) is 0 Å². The molecule has 30 heavy (non-hydrogen) atoms. The summed E-state index contributed by atoms with van der Waals surface area (Å²) in [7, 11) is 1.62. The fourth-order valence-electron chi connectivity index (χ4n) is 4.48. The summed E-state index contributed by atoms with van der Waals surface area (Å²) in [4.78, 5) is 17.1. The molecule has 1 aromatic carbocycles. The third-order valence-electron chi connectivity index (χ3n) is 6.82. The second kappa shape index (κ2) is 7.27. The zero-order valence-electron chi connectivity index (χ0n) is 17.6. The van der Waals surface area contributed by atoms with Crippen LogP contribution in [0.15, 0.2) is 36.5 Å². The normalized spacial score (nSPS) is 23.2. The van der Waals surface area contributed by atoms with Gasteiger partial charge in [-0.1, -0.05) is 13.0 Å². The minimum absolute atomic E-state index is 0.0690. The molecule has 3 heterocycles. The largest absolute Gasteiger partial charge is 0.487 e. The van der Waals surface area contributed by atoms with E-state index in [1.54, 1.807) is 13.3 Å². The Morgan fingerprint density at radius 3 is 2.63 bits per heavy atom. The van der Waals surface area contributed by atoms with Crippen LogP contribution in [0, 0.1) is 5.41 Å². The van der Waals surface area contributed by atoms with E-state index in [1.807, 2.05) is 25.1 Å². The van der Waals surface area contributed by atoms with Gasteiger partial charge in [-0.25, -0.2) is 4.98 Å². The molecule has 1 atom stereocenters. The molecule has 1 N–H and O–H groups in total. The minimum atomic E-state index is -0.269. The molecule has 1 aliphatic carbocycles. The molecule has 5 rings (SSSR count). The number of hydrogen-bond donors (Lipinski definition) is 1. The average Bonchev–Trinajstić information content (AvgIpc) is 3.53. The topological polar surface area (TPSA) is 69.7 Å². The van der Waals surface area contributed by atoms with Crippen LogP contribution in [0.4, 0.5) is 0 Å². The van der Waals surface area contributed by atoms with Crippen molar-refractivity contribution in [2.45, 2.75) is 50.7 Å². The van der Waals surface area contributed by atoms with Crippen LogP contribution < -0.4 is 14.8 Å². The Labute approximate surface area is 176 Å². The Kier molecular flexibility index (Phi) is 4.69. The third-order valence-corrected chi connectivity index (χ3v) is 6.82. The number of amides is 1. The third kappa shape index (κ3) is 3.54. The minimum Gasteiger partial charge on any atom is -0.487 e. The lowest BCUT2D eigenvalue weighted by Crippen LogP contribution is -2.49. The van der Waals surface area contributed by atoms with E-state index in [1.165, 1.54) is 0 Å². The summed E-state index contributed by atoms with van der Waals surface area (Å²) < 4.78 is 17.4. The van der Waals surface area contributed by atoms with E-state index >= 15 is 0 Å². The van der Waals surface area contributed by atoms with Crippen molar-refractivity contribution in [3.8, 4) is 22.8 Å². The van der Waals surface area contributed by atoms with Crippen molar-refractivity contribution in [2.24, 2.45) is 5.41 Å². The number of nitrogens with zero attached hydrogens (tertiary/aromatic N) is 1. The number of carbonyl (C=O) groups excluding carboxylic acids is 1. The van der Waals surface area contributed by atoms with Gasteiger partial charge in [0.25, 0.3) is 0 Å². The standard InChI is InChI=1S/C24H28N2O4/c1-23(6-7-23)22(27)26-19-15-24(8-11-29-12-9-24)30-20-4-3-16(13-18(19)20)17-5-10-25-21(14-17)28-2/h3-5,10,13-14,19H,6-9,11-12,15H2,1-2H3,(H,26,27). The smallest absolute Gasteiger partial charge is 0.226 e. The van der Waals surface area contributed by atoms with Crippen molar-refractivity contribution < 1.29 is 19.0 Å². The van der Waals surface area contributed by atoms with Gasteiger partial charge in [0.05, 0.1) is 26.4 Å². The fourth-order valence-corrected chi connectivity index (χ4v) is 4.48. The maximum Gasteiger partial charge on any atom is 0.226 e. The zero-order valence-corrected chi connectivity index (χ0v) is 17.6. The van der Waals surface area contributed by atoms with Crippen molar-refractivity contribution in [2.75, 3.05) is 20.3 Å². The van der Waals surface area contributed by atoms with E-state index in [-0.39, 0.29) is 23.0 Å². The predicted molar refractivity (Wildman–Crippen MR) is 112 cm³/mol. The SMILES string of the molecule is COc1cc(-c2ccc3c(c2)C(NC(=O)C2(C)CC2)CC2(CCOCC2)O3)ccn1. The maximum absolute atomic E-state index is 12.9. The van der Waals surface area contributed by atoms with Gasteiger partial charge in [-0.3, -0.25) is 4.79 Å². The molecular formula is C24H28N2O4. The summed E-state index contributed by atoms with van der Waals surface area (Å²) >= 11 is 0. The van der Waals surface area contributed by atoms with E-state index in [0.29, 0.717) is 19.1 Å². The lowest BCUT2D eigenvalue weighted by molar-refractivity contribution is -0.127. The highest BCUT2D eigenvalue weighted by atomic mass is 16.5. The Balaban J connectivity index is 1.51. The molecule has 2 aromatic rings. The summed E-state index contributed by atoms with van der Waals surface area (Å²) in [5.74, 6) is 1.59. The van der Waals surface area contributed by atoms with Crippen LogP contribution in [0.5, 0.6) is 11.6 Å². The maximum atomic E-state index is 12.9. The summed E-state index contributed by atoms with van der Waals surface area (Å²) in [6.45, 7) is 3.44. The molecule has 1 saturated heterocycles. The Morgan fingerprint density at radius 1 is 1.13 bits per heavy atom. The van der Waals surface area contributed by atoms with Crippen LogP contribution in [-0.4, -0.2) is 36.8 Å². The number of methoxy groups -OCH3 is 1. The van der Waals surface area contributed by atoms with Gasteiger partial charge in [0, 0.05) is 42.5 Å². The Bertz CT molecular complexity index is 963. The molecule has 3 aliphatic rings. The molecular weight excluding hydrogens is 380 g/mol. The van der Waals surface area contributed by atoms with Crippen molar-refractivity contribution in [3.05, 3.63) is 42.1 Å². The number of aromatic nitrogens is 1. The van der Waals surface area contributed by atoms with Crippen LogP contribution in [0.3, 0.4) is 0 Å². The van der Waals surface area contributed by atoms with E-state index < -0.39 is 0 Å². The number of nitrogens with one attached hydrogen (secondary N) is 1. The molecule has 1 saturated carbocycles. The van der Waals surface area contributed by atoms with Crippen molar-refractivity contribution in [1.82, 2.24) is 10.3 Å². The van der Waals surface area contributed by atoms with Gasteiger partial charge in [0.1, 0.15) is 11.4 Å². The number of benzene rings is 1. The van der Waals surface area contributed by atoms with Crippen LogP contribution in [-0.2, 0) is 9.53 Å². The van der Waals surface area contributed by atoms with E-state index in [9.17, 15) is 4.79 Å². The zero-order chi connectivity index (χ0) is 20.8. The molecule has 158 valence electrons. The summed E-state index contributed by atoms with van der Waals surface area (Å²) in [6, 6.07) is 10.0. The Morgan fingerprint density at radius 2 is 1.90 bits per heavy atom. The summed E-state index contributed by atoms with van der Waals surface area (Å²) in [6.07, 6.45) is 6.14. The van der Waals surface area contributed by atoms with Gasteiger partial charge >= 0.3 is 0 Å². The van der Waals surface area contributed by atoms with Crippen LogP contribution in [0.2, 0.25) is 0 Å². The van der Waals surface area contributed by atoms with E-state index in [0.717, 1.165) is 54.5 Å². The first-order valence-electron chi connectivity index (χ1n) is 10.7. The quantitative estimate of drug-likeness (QED) is 0.827. The average molecular weight is 408 g/mol. The van der Waals surface area contributed by atoms with Gasteiger partial charge in [-0.2, -0.15) is 0 Å². The van der Waals surface area contributed by atoms with E-state index in [4.69, 9.17) is 14.2 Å². The van der Waals surface area contributed by atoms with Crippen molar-refractivity contribution in [1.29, 1.82) is 0 Å². The first-order valence-corrected chi connectivity index (χ1v) is 10.7. The highest BCUT2D eigenvalue weighted by Gasteiger charge is 2.48. The lowest BCUT2D eigenvalue weighted by atomic mass is 9.81. The molecule has 1 spiro atoms. The molecule has 1 unspecified atom stereocenters. The number of fused-ring (bicyclic) bond motifs is 1. The second-order valence-electron chi connectivity index (χ2n) is 9.03. The van der Waals surface area contributed by atoms with E-state index in [2.05, 4.69) is 22.4 Å². The molecule has 0 bridgehead atoms. The number of rotatable bonds is 4. The highest BCUT2D eigenvalue weighted by molar-refractivity contribution is 5.85. The fraction of sp³-hybridized carbons (Fsp3) is 0.500. The number of ether oxygens (including phenoxy) is 3. The first-order chi connectivity index (χ1) is 14.5. The van der Waals surface area contributed by atoms with Crippen LogP contribution >= 0.6 is 0 Å². The van der Waals surface area contributed by atoms with Crippen molar-refractivity contribution >= 4 is 5.91 Å². The lowest BCUT2D eigenvalue weighted by Gasteiger charge is -2.44. The van der Waals surface area contributed by atoms with Gasteiger partial charge < -0.3 is 19.5 Å². The molecule has 6 nitrogen and oxygen atoms in total.